The fraction of sp³-hybridized carbons (Fsp3) is 0.188. The van der Waals surface area contributed by atoms with E-state index in [0.29, 0.717) is 17.7 Å². The Labute approximate surface area is 118 Å². The second-order valence-electron chi connectivity index (χ2n) is 4.69. The van der Waals surface area contributed by atoms with Crippen LogP contribution in [0.3, 0.4) is 0 Å². The van der Waals surface area contributed by atoms with E-state index in [2.05, 4.69) is 16.4 Å². The van der Waals surface area contributed by atoms with E-state index in [0.717, 1.165) is 11.1 Å². The number of nitrogens with one attached hydrogen (secondary N) is 1. The van der Waals surface area contributed by atoms with Crippen molar-refractivity contribution in [1.29, 1.82) is 5.26 Å². The first kappa shape index (κ1) is 13.8. The third-order valence-corrected chi connectivity index (χ3v) is 3.07. The molecule has 0 aliphatic heterocycles. The molecule has 0 atom stereocenters. The van der Waals surface area contributed by atoms with Gasteiger partial charge >= 0.3 is 0 Å². The molecule has 0 unspecified atom stereocenters. The second kappa shape index (κ2) is 5.98. The second-order valence-corrected chi connectivity index (χ2v) is 4.69. The maximum absolute atomic E-state index is 12.0. The molecule has 0 aliphatic carbocycles. The van der Waals surface area contributed by atoms with Crippen LogP contribution in [0.1, 0.15) is 32.6 Å². The Morgan fingerprint density at radius 3 is 2.80 bits per heavy atom. The van der Waals surface area contributed by atoms with Gasteiger partial charge in [0, 0.05) is 18.9 Å². The van der Waals surface area contributed by atoms with Crippen LogP contribution in [0.15, 0.2) is 36.7 Å². The Hall–Kier alpha value is -2.67. The SMILES string of the molecule is Cc1ccc(CNC(=O)c2cncc(C#N)c2)c(C)c1. The standard InChI is InChI=1S/C16H15N3O/c1-11-3-4-14(12(2)5-11)10-19-16(20)15-6-13(7-17)8-18-9-15/h3-6,8-9H,10H2,1-2H3,(H,19,20). The van der Waals surface area contributed by atoms with Crippen LogP contribution >= 0.6 is 0 Å². The molecule has 100 valence electrons. The van der Waals surface area contributed by atoms with Gasteiger partial charge in [0.25, 0.3) is 5.91 Å². The van der Waals surface area contributed by atoms with Crippen LogP contribution in [-0.4, -0.2) is 10.9 Å². The first-order valence-corrected chi connectivity index (χ1v) is 6.29. The van der Waals surface area contributed by atoms with E-state index < -0.39 is 0 Å². The van der Waals surface area contributed by atoms with Gasteiger partial charge in [0.15, 0.2) is 0 Å². The molecule has 0 fully saturated rings. The molecule has 1 N–H and O–H groups in total. The number of nitrogens with zero attached hydrogens (tertiary/aromatic N) is 2. The highest BCUT2D eigenvalue weighted by atomic mass is 16.1. The zero-order valence-electron chi connectivity index (χ0n) is 11.5. The van der Waals surface area contributed by atoms with Gasteiger partial charge in [-0.15, -0.1) is 0 Å². The van der Waals surface area contributed by atoms with Crippen molar-refractivity contribution >= 4 is 5.91 Å². The molecule has 1 amide bonds. The van der Waals surface area contributed by atoms with Gasteiger partial charge in [0.1, 0.15) is 6.07 Å². The first-order chi connectivity index (χ1) is 9.60. The highest BCUT2D eigenvalue weighted by Gasteiger charge is 2.07. The molecule has 2 rings (SSSR count). The van der Waals surface area contributed by atoms with E-state index >= 15 is 0 Å². The van der Waals surface area contributed by atoms with Gasteiger partial charge in [0.2, 0.25) is 0 Å². The molecule has 0 radical (unpaired) electrons. The summed E-state index contributed by atoms with van der Waals surface area (Å²) in [6, 6.07) is 9.61. The zero-order valence-corrected chi connectivity index (χ0v) is 11.5. The van der Waals surface area contributed by atoms with E-state index in [-0.39, 0.29) is 5.91 Å². The minimum Gasteiger partial charge on any atom is -0.348 e. The number of hydrogen-bond acceptors (Lipinski definition) is 3. The summed E-state index contributed by atoms with van der Waals surface area (Å²) in [7, 11) is 0. The van der Waals surface area contributed by atoms with Crippen molar-refractivity contribution in [2.45, 2.75) is 20.4 Å². The van der Waals surface area contributed by atoms with Crippen molar-refractivity contribution in [2.75, 3.05) is 0 Å². The third-order valence-electron chi connectivity index (χ3n) is 3.07. The van der Waals surface area contributed by atoms with Gasteiger partial charge in [0.05, 0.1) is 11.1 Å². The maximum atomic E-state index is 12.0. The smallest absolute Gasteiger partial charge is 0.253 e. The van der Waals surface area contributed by atoms with Gasteiger partial charge in [-0.3, -0.25) is 9.78 Å². The Morgan fingerprint density at radius 1 is 1.30 bits per heavy atom. The zero-order chi connectivity index (χ0) is 14.5. The Kier molecular flexibility index (Phi) is 4.11. The maximum Gasteiger partial charge on any atom is 0.253 e. The van der Waals surface area contributed by atoms with Crippen molar-refractivity contribution in [3.05, 3.63) is 64.5 Å². The highest BCUT2D eigenvalue weighted by Crippen LogP contribution is 2.10. The van der Waals surface area contributed by atoms with Crippen LogP contribution in [-0.2, 0) is 6.54 Å². The molecule has 20 heavy (non-hydrogen) atoms. The predicted octanol–water partition coefficient (Wildman–Crippen LogP) is 2.50. The van der Waals surface area contributed by atoms with E-state index in [1.165, 1.54) is 24.0 Å². The molecule has 0 saturated carbocycles. The average molecular weight is 265 g/mol. The van der Waals surface area contributed by atoms with Crippen molar-refractivity contribution in [3.63, 3.8) is 0 Å². The van der Waals surface area contributed by atoms with Gasteiger partial charge in [-0.1, -0.05) is 23.8 Å². The number of pyridine rings is 1. The summed E-state index contributed by atoms with van der Waals surface area (Å²) in [5.74, 6) is -0.227. The largest absolute Gasteiger partial charge is 0.348 e. The third kappa shape index (κ3) is 3.21. The van der Waals surface area contributed by atoms with Crippen LogP contribution < -0.4 is 5.32 Å². The van der Waals surface area contributed by atoms with Gasteiger partial charge < -0.3 is 5.32 Å². The molecule has 4 nitrogen and oxygen atoms in total. The van der Waals surface area contributed by atoms with Crippen molar-refractivity contribution in [2.24, 2.45) is 0 Å². The van der Waals surface area contributed by atoms with Crippen LogP contribution in [0.2, 0.25) is 0 Å². The fourth-order valence-electron chi connectivity index (χ4n) is 1.95. The summed E-state index contributed by atoms with van der Waals surface area (Å²) in [4.78, 5) is 15.9. The molecule has 0 aliphatic rings. The Bertz CT molecular complexity index is 686. The van der Waals surface area contributed by atoms with Gasteiger partial charge in [-0.05, 0) is 31.0 Å². The van der Waals surface area contributed by atoms with E-state index in [4.69, 9.17) is 5.26 Å². The molecule has 0 saturated heterocycles. The number of amides is 1. The lowest BCUT2D eigenvalue weighted by molar-refractivity contribution is 0.0950. The minimum absolute atomic E-state index is 0.227. The summed E-state index contributed by atoms with van der Waals surface area (Å²) < 4.78 is 0. The molecule has 2 aromatic rings. The lowest BCUT2D eigenvalue weighted by Crippen LogP contribution is -2.23. The van der Waals surface area contributed by atoms with Crippen LogP contribution in [0.4, 0.5) is 0 Å². The number of nitriles is 1. The molecule has 1 aromatic carbocycles. The number of aromatic nitrogens is 1. The number of carbonyl (C=O) groups excluding carboxylic acids is 1. The van der Waals surface area contributed by atoms with Crippen LogP contribution in [0, 0.1) is 25.2 Å². The molecular weight excluding hydrogens is 250 g/mol. The minimum atomic E-state index is -0.227. The Balaban J connectivity index is 2.07. The van der Waals surface area contributed by atoms with Gasteiger partial charge in [-0.25, -0.2) is 0 Å². The highest BCUT2D eigenvalue weighted by molar-refractivity contribution is 5.94. The Morgan fingerprint density at radius 2 is 2.10 bits per heavy atom. The lowest BCUT2D eigenvalue weighted by Gasteiger charge is -2.09. The monoisotopic (exact) mass is 265 g/mol. The van der Waals surface area contributed by atoms with Gasteiger partial charge in [-0.2, -0.15) is 5.26 Å². The summed E-state index contributed by atoms with van der Waals surface area (Å²) in [6.07, 6.45) is 2.89. The van der Waals surface area contributed by atoms with E-state index in [9.17, 15) is 4.79 Å². The molecule has 1 heterocycles. The van der Waals surface area contributed by atoms with E-state index in [1.54, 1.807) is 0 Å². The number of hydrogen-bond donors (Lipinski definition) is 1. The molecular formula is C16H15N3O. The number of aryl methyl sites for hydroxylation is 2. The van der Waals surface area contributed by atoms with Crippen molar-refractivity contribution in [1.82, 2.24) is 10.3 Å². The predicted molar refractivity (Wildman–Crippen MR) is 76.0 cm³/mol. The number of carbonyl (C=O) groups is 1. The lowest BCUT2D eigenvalue weighted by atomic mass is 10.1. The summed E-state index contributed by atoms with van der Waals surface area (Å²) in [5.41, 5.74) is 4.20. The molecule has 0 spiro atoms. The summed E-state index contributed by atoms with van der Waals surface area (Å²) in [6.45, 7) is 4.52. The molecule has 4 heteroatoms. The number of benzene rings is 1. The average Bonchev–Trinajstić information content (AvgIpc) is 2.46. The normalized spacial score (nSPS) is 9.85. The van der Waals surface area contributed by atoms with E-state index in [1.807, 2.05) is 32.0 Å². The summed E-state index contributed by atoms with van der Waals surface area (Å²) in [5, 5.41) is 11.6. The van der Waals surface area contributed by atoms with Crippen LogP contribution in [0.5, 0.6) is 0 Å². The topological polar surface area (TPSA) is 65.8 Å². The molecule has 1 aromatic heterocycles. The van der Waals surface area contributed by atoms with Crippen molar-refractivity contribution < 1.29 is 4.79 Å². The first-order valence-electron chi connectivity index (χ1n) is 6.29. The summed E-state index contributed by atoms with van der Waals surface area (Å²) >= 11 is 0. The van der Waals surface area contributed by atoms with Crippen LogP contribution in [0.25, 0.3) is 0 Å². The quantitative estimate of drug-likeness (QED) is 0.927. The van der Waals surface area contributed by atoms with Crippen molar-refractivity contribution in [3.8, 4) is 6.07 Å². The number of rotatable bonds is 3. The fourth-order valence-corrected chi connectivity index (χ4v) is 1.95. The molecule has 0 bridgehead atoms.